The Morgan fingerprint density at radius 1 is 1.41 bits per heavy atom. The van der Waals surface area contributed by atoms with Gasteiger partial charge in [-0.3, -0.25) is 4.79 Å². The molecule has 114 valence electrons. The molecule has 0 bridgehead atoms. The zero-order valence-corrected chi connectivity index (χ0v) is 12.9. The monoisotopic (exact) mass is 299 g/mol. The van der Waals surface area contributed by atoms with Gasteiger partial charge in [0.2, 0.25) is 0 Å². The standard InChI is InChI=1S/C17H18FN3O/c1-10(2)14-7-16(12-4-5-15(18)11(3)6-12)20-21-8-13(9-22)19-17(14)21/h4-6,8-10,14H,7H2,1-3H3. The lowest BCUT2D eigenvalue weighted by Crippen LogP contribution is -2.22. The molecule has 2 heterocycles. The molecule has 0 saturated heterocycles. The maximum absolute atomic E-state index is 13.5. The third kappa shape index (κ3) is 2.47. The number of imidazole rings is 1. The van der Waals surface area contributed by atoms with Crippen molar-refractivity contribution in [3.8, 4) is 0 Å². The molecule has 1 aromatic heterocycles. The Balaban J connectivity index is 2.09. The summed E-state index contributed by atoms with van der Waals surface area (Å²) >= 11 is 0. The second-order valence-electron chi connectivity index (χ2n) is 6.05. The number of fused-ring (bicyclic) bond motifs is 1. The molecule has 0 radical (unpaired) electrons. The summed E-state index contributed by atoms with van der Waals surface area (Å²) < 4.78 is 15.2. The number of carbonyl (C=O) groups is 1. The molecule has 4 nitrogen and oxygen atoms in total. The minimum Gasteiger partial charge on any atom is -0.296 e. The van der Waals surface area contributed by atoms with Gasteiger partial charge in [-0.15, -0.1) is 0 Å². The Morgan fingerprint density at radius 2 is 2.18 bits per heavy atom. The first-order valence-electron chi connectivity index (χ1n) is 7.38. The molecule has 0 fully saturated rings. The third-order valence-electron chi connectivity index (χ3n) is 4.12. The van der Waals surface area contributed by atoms with E-state index in [1.54, 1.807) is 23.9 Å². The number of carbonyl (C=O) groups excluding carboxylic acids is 1. The highest BCUT2D eigenvalue weighted by Crippen LogP contribution is 2.32. The fraction of sp³-hybridized carbons (Fsp3) is 0.353. The van der Waals surface area contributed by atoms with E-state index in [1.165, 1.54) is 6.07 Å². The molecule has 0 amide bonds. The Labute approximate surface area is 128 Å². The number of aldehydes is 1. The van der Waals surface area contributed by atoms with Gasteiger partial charge in [0, 0.05) is 12.3 Å². The molecule has 3 rings (SSSR count). The van der Waals surface area contributed by atoms with Crippen molar-refractivity contribution in [2.24, 2.45) is 11.0 Å². The SMILES string of the molecule is Cc1cc(C2=Nn3cc(C=O)nc3C(C(C)C)C2)ccc1F. The van der Waals surface area contributed by atoms with Gasteiger partial charge in [0.05, 0.1) is 11.9 Å². The molecular weight excluding hydrogens is 281 g/mol. The fourth-order valence-electron chi connectivity index (χ4n) is 2.80. The quantitative estimate of drug-likeness (QED) is 0.814. The van der Waals surface area contributed by atoms with Crippen molar-refractivity contribution in [1.29, 1.82) is 0 Å². The molecule has 0 saturated carbocycles. The van der Waals surface area contributed by atoms with Gasteiger partial charge < -0.3 is 0 Å². The van der Waals surface area contributed by atoms with E-state index in [1.807, 2.05) is 6.07 Å². The van der Waals surface area contributed by atoms with Gasteiger partial charge >= 0.3 is 0 Å². The molecule has 0 aliphatic carbocycles. The molecule has 1 atom stereocenters. The van der Waals surface area contributed by atoms with Crippen LogP contribution in [0.4, 0.5) is 4.39 Å². The van der Waals surface area contributed by atoms with Gasteiger partial charge in [-0.2, -0.15) is 5.10 Å². The zero-order chi connectivity index (χ0) is 15.9. The molecule has 5 heteroatoms. The lowest BCUT2D eigenvalue weighted by atomic mass is 9.87. The molecule has 0 spiro atoms. The zero-order valence-electron chi connectivity index (χ0n) is 12.9. The predicted molar refractivity (Wildman–Crippen MR) is 82.9 cm³/mol. The van der Waals surface area contributed by atoms with E-state index in [0.717, 1.165) is 29.8 Å². The summed E-state index contributed by atoms with van der Waals surface area (Å²) in [5.41, 5.74) is 2.80. The van der Waals surface area contributed by atoms with E-state index < -0.39 is 0 Å². The first-order valence-corrected chi connectivity index (χ1v) is 7.38. The van der Waals surface area contributed by atoms with Crippen LogP contribution in [0.1, 0.15) is 53.6 Å². The summed E-state index contributed by atoms with van der Waals surface area (Å²) in [4.78, 5) is 15.3. The first-order chi connectivity index (χ1) is 10.5. The minimum absolute atomic E-state index is 0.187. The molecule has 22 heavy (non-hydrogen) atoms. The van der Waals surface area contributed by atoms with Gasteiger partial charge in [0.15, 0.2) is 6.29 Å². The fourth-order valence-corrected chi connectivity index (χ4v) is 2.80. The van der Waals surface area contributed by atoms with Crippen LogP contribution in [0.5, 0.6) is 0 Å². The van der Waals surface area contributed by atoms with E-state index in [-0.39, 0.29) is 11.7 Å². The molecule has 2 aromatic rings. The van der Waals surface area contributed by atoms with Crippen LogP contribution >= 0.6 is 0 Å². The Kier molecular flexibility index (Phi) is 3.64. The number of hydrogen-bond acceptors (Lipinski definition) is 3. The summed E-state index contributed by atoms with van der Waals surface area (Å²) in [7, 11) is 0. The topological polar surface area (TPSA) is 47.2 Å². The van der Waals surface area contributed by atoms with Crippen LogP contribution < -0.4 is 0 Å². The van der Waals surface area contributed by atoms with Gasteiger partial charge in [-0.25, -0.2) is 14.1 Å². The molecule has 0 N–H and O–H groups in total. The van der Waals surface area contributed by atoms with Crippen molar-refractivity contribution < 1.29 is 9.18 Å². The second kappa shape index (κ2) is 5.48. The van der Waals surface area contributed by atoms with Crippen molar-refractivity contribution in [1.82, 2.24) is 9.66 Å². The van der Waals surface area contributed by atoms with E-state index in [2.05, 4.69) is 23.9 Å². The summed E-state index contributed by atoms with van der Waals surface area (Å²) in [5.74, 6) is 1.16. The van der Waals surface area contributed by atoms with Crippen molar-refractivity contribution >= 4 is 12.0 Å². The summed E-state index contributed by atoms with van der Waals surface area (Å²) in [6.07, 6.45) is 3.12. The van der Waals surface area contributed by atoms with Gasteiger partial charge in [0.25, 0.3) is 0 Å². The Bertz CT molecular complexity index is 761. The minimum atomic E-state index is -0.216. The van der Waals surface area contributed by atoms with E-state index in [9.17, 15) is 9.18 Å². The normalized spacial score (nSPS) is 17.3. The van der Waals surface area contributed by atoms with Gasteiger partial charge in [-0.1, -0.05) is 19.9 Å². The first kappa shape index (κ1) is 14.6. The number of hydrogen-bond donors (Lipinski definition) is 0. The smallest absolute Gasteiger partial charge is 0.170 e. The molecule has 1 unspecified atom stereocenters. The highest BCUT2D eigenvalue weighted by atomic mass is 19.1. The average molecular weight is 299 g/mol. The maximum atomic E-state index is 13.5. The van der Waals surface area contributed by atoms with Crippen LogP contribution in [0.25, 0.3) is 0 Å². The average Bonchev–Trinajstić information content (AvgIpc) is 2.91. The molecule has 1 aromatic carbocycles. The van der Waals surface area contributed by atoms with Crippen LogP contribution in [-0.2, 0) is 0 Å². The van der Waals surface area contributed by atoms with Crippen molar-refractivity contribution in [3.05, 3.63) is 52.9 Å². The molecule has 1 aliphatic heterocycles. The van der Waals surface area contributed by atoms with Gasteiger partial charge in [0.1, 0.15) is 17.3 Å². The largest absolute Gasteiger partial charge is 0.296 e. The van der Waals surface area contributed by atoms with E-state index in [0.29, 0.717) is 17.2 Å². The van der Waals surface area contributed by atoms with Crippen molar-refractivity contribution in [3.63, 3.8) is 0 Å². The Morgan fingerprint density at radius 3 is 2.82 bits per heavy atom. The lowest BCUT2D eigenvalue weighted by molar-refractivity contribution is 0.111. The number of aromatic nitrogens is 2. The lowest BCUT2D eigenvalue weighted by Gasteiger charge is -2.25. The van der Waals surface area contributed by atoms with Crippen LogP contribution in [0.3, 0.4) is 0 Å². The number of aryl methyl sites for hydroxylation is 1. The summed E-state index contributed by atoms with van der Waals surface area (Å²) in [6, 6.07) is 5.03. The number of benzene rings is 1. The predicted octanol–water partition coefficient (Wildman–Crippen LogP) is 3.54. The summed E-state index contributed by atoms with van der Waals surface area (Å²) in [5, 5.41) is 4.58. The van der Waals surface area contributed by atoms with Crippen LogP contribution in [0, 0.1) is 18.7 Å². The summed E-state index contributed by atoms with van der Waals surface area (Å²) in [6.45, 7) is 6.00. The van der Waals surface area contributed by atoms with Crippen molar-refractivity contribution in [2.75, 3.05) is 0 Å². The van der Waals surface area contributed by atoms with E-state index in [4.69, 9.17) is 0 Å². The Hall–Kier alpha value is -2.30. The highest BCUT2D eigenvalue weighted by Gasteiger charge is 2.28. The highest BCUT2D eigenvalue weighted by molar-refractivity contribution is 6.01. The second-order valence-corrected chi connectivity index (χ2v) is 6.05. The third-order valence-corrected chi connectivity index (χ3v) is 4.12. The molecular formula is C17H18FN3O. The van der Waals surface area contributed by atoms with Crippen LogP contribution in [-0.4, -0.2) is 21.7 Å². The number of rotatable bonds is 3. The van der Waals surface area contributed by atoms with Crippen molar-refractivity contribution in [2.45, 2.75) is 33.1 Å². The van der Waals surface area contributed by atoms with E-state index >= 15 is 0 Å². The maximum Gasteiger partial charge on any atom is 0.170 e. The number of halogens is 1. The molecule has 1 aliphatic rings. The van der Waals surface area contributed by atoms with Crippen LogP contribution in [0.15, 0.2) is 29.5 Å². The number of nitrogens with zero attached hydrogens (tertiary/aromatic N) is 3. The van der Waals surface area contributed by atoms with Crippen LogP contribution in [0.2, 0.25) is 0 Å². The van der Waals surface area contributed by atoms with Gasteiger partial charge in [-0.05, 0) is 36.1 Å².